The molecule has 0 aliphatic carbocycles. The van der Waals surface area contributed by atoms with Gasteiger partial charge in [0.25, 0.3) is 0 Å². The van der Waals surface area contributed by atoms with E-state index >= 15 is 0 Å². The third-order valence-electron chi connectivity index (χ3n) is 2.61. The van der Waals surface area contributed by atoms with Gasteiger partial charge in [-0.15, -0.1) is 0 Å². The van der Waals surface area contributed by atoms with Crippen molar-refractivity contribution in [1.82, 2.24) is 0 Å². The number of hydrogen-bond donors (Lipinski definition) is 0. The van der Waals surface area contributed by atoms with Crippen molar-refractivity contribution >= 4 is 12.8 Å². The van der Waals surface area contributed by atoms with Crippen LogP contribution in [0.1, 0.15) is 58.3 Å². The van der Waals surface area contributed by atoms with Gasteiger partial charge in [-0.3, -0.25) is 0 Å². The third kappa shape index (κ3) is 12.5. The van der Waals surface area contributed by atoms with E-state index in [0.717, 1.165) is 0 Å². The Hall–Kier alpha value is 0.519. The Labute approximate surface area is 94.1 Å². The molecular formula is C13H30Se. The molecule has 0 radical (unpaired) electrons. The van der Waals surface area contributed by atoms with Gasteiger partial charge in [0.15, 0.2) is 0 Å². The second-order valence-electron chi connectivity index (χ2n) is 5.27. The Bertz CT molecular complexity index is 113. The molecule has 0 aromatic carbocycles. The van der Waals surface area contributed by atoms with Crippen LogP contribution in [0.4, 0.5) is 0 Å². The summed E-state index contributed by atoms with van der Waals surface area (Å²) in [4.78, 5) is 0. The van der Waals surface area contributed by atoms with E-state index in [4.69, 9.17) is 0 Å². The molecule has 0 saturated carbocycles. The Morgan fingerprint density at radius 1 is 0.643 bits per heavy atom. The van der Waals surface area contributed by atoms with Crippen molar-refractivity contribution < 1.29 is 0 Å². The van der Waals surface area contributed by atoms with E-state index < -0.39 is 12.8 Å². The predicted octanol–water partition coefficient (Wildman–Crippen LogP) is 5.47. The summed E-state index contributed by atoms with van der Waals surface area (Å²) in [6.45, 7) is 2.29. The molecule has 0 rings (SSSR count). The molecule has 0 amide bonds. The molecule has 0 atom stereocenters. The van der Waals surface area contributed by atoms with Gasteiger partial charge >= 0.3 is 93.9 Å². The zero-order valence-corrected chi connectivity index (χ0v) is 12.5. The summed E-state index contributed by atoms with van der Waals surface area (Å²) in [5.41, 5.74) is 0. The van der Waals surface area contributed by atoms with Crippen molar-refractivity contribution in [1.29, 1.82) is 0 Å². The van der Waals surface area contributed by atoms with Gasteiger partial charge in [0, 0.05) is 0 Å². The molecule has 0 aliphatic heterocycles. The summed E-state index contributed by atoms with van der Waals surface area (Å²) < 4.78 is 0. The van der Waals surface area contributed by atoms with Crippen molar-refractivity contribution in [3.05, 3.63) is 0 Å². The van der Waals surface area contributed by atoms with Gasteiger partial charge in [0.05, 0.1) is 0 Å². The molecule has 0 unspecified atom stereocenters. The molecule has 0 saturated heterocycles. The van der Waals surface area contributed by atoms with Crippen LogP contribution < -0.4 is 0 Å². The molecule has 0 spiro atoms. The first-order valence-electron chi connectivity index (χ1n) is 6.22. The predicted molar refractivity (Wildman–Crippen MR) is 70.8 cm³/mol. The minimum atomic E-state index is -0.899. The third-order valence-corrected chi connectivity index (χ3v) is 5.79. The Morgan fingerprint density at radius 3 is 1.50 bits per heavy atom. The zero-order chi connectivity index (χ0) is 10.9. The fourth-order valence-corrected chi connectivity index (χ4v) is 3.91. The van der Waals surface area contributed by atoms with Crippen LogP contribution in [0.3, 0.4) is 0 Å². The van der Waals surface area contributed by atoms with Crippen LogP contribution >= 0.6 is 0 Å². The average molecular weight is 265 g/mol. The molecule has 88 valence electrons. The summed E-state index contributed by atoms with van der Waals surface area (Å²) in [6, 6.07) is 0. The fourth-order valence-electron chi connectivity index (χ4n) is 1.67. The number of rotatable bonds is 9. The van der Waals surface area contributed by atoms with Crippen molar-refractivity contribution in [3.8, 4) is 0 Å². The van der Waals surface area contributed by atoms with Gasteiger partial charge in [0.1, 0.15) is 0 Å². The van der Waals surface area contributed by atoms with E-state index in [1.807, 2.05) is 0 Å². The Morgan fingerprint density at radius 2 is 1.07 bits per heavy atom. The van der Waals surface area contributed by atoms with E-state index in [1.165, 1.54) is 51.4 Å². The molecule has 0 nitrogen and oxygen atoms in total. The monoisotopic (exact) mass is 266 g/mol. The van der Waals surface area contributed by atoms with Crippen LogP contribution in [0.15, 0.2) is 0 Å². The quantitative estimate of drug-likeness (QED) is 0.383. The minimum absolute atomic E-state index is 0.899. The van der Waals surface area contributed by atoms with Crippen molar-refractivity contribution in [2.75, 3.05) is 0 Å². The molecule has 14 heavy (non-hydrogen) atoms. The Kier molecular flexibility index (Phi) is 9.12. The van der Waals surface area contributed by atoms with E-state index in [2.05, 4.69) is 24.4 Å². The van der Waals surface area contributed by atoms with Crippen molar-refractivity contribution in [2.45, 2.75) is 81.1 Å². The summed E-state index contributed by atoms with van der Waals surface area (Å²) in [6.07, 6.45) is 11.7. The SMILES string of the molecule is CCCCCCCCCC[Se](C)(C)C. The van der Waals surface area contributed by atoms with Gasteiger partial charge in [0.2, 0.25) is 0 Å². The summed E-state index contributed by atoms with van der Waals surface area (Å²) in [7, 11) is 0. The normalized spacial score (nSPS) is 13.1. The molecule has 0 fully saturated rings. The van der Waals surface area contributed by atoms with E-state index in [0.29, 0.717) is 0 Å². The first-order chi connectivity index (χ1) is 6.56. The van der Waals surface area contributed by atoms with Crippen LogP contribution in [-0.2, 0) is 0 Å². The second-order valence-corrected chi connectivity index (χ2v) is 14.9. The molecule has 0 N–H and O–H groups in total. The molecule has 0 heterocycles. The van der Waals surface area contributed by atoms with E-state index in [-0.39, 0.29) is 0 Å². The standard InChI is InChI=1S/C13H30Se/c1-5-6-7-8-9-10-11-12-13-14(2,3)4/h5-13H2,1-4H3. The molecule has 0 bridgehead atoms. The van der Waals surface area contributed by atoms with Crippen LogP contribution in [0, 0.1) is 0 Å². The van der Waals surface area contributed by atoms with E-state index in [9.17, 15) is 0 Å². The van der Waals surface area contributed by atoms with Gasteiger partial charge < -0.3 is 0 Å². The van der Waals surface area contributed by atoms with Crippen LogP contribution in [0.5, 0.6) is 0 Å². The summed E-state index contributed by atoms with van der Waals surface area (Å²) in [5.74, 6) is 7.49. The second kappa shape index (κ2) is 8.80. The topological polar surface area (TPSA) is 0 Å². The first-order valence-corrected chi connectivity index (χ1v) is 12.6. The zero-order valence-electron chi connectivity index (χ0n) is 10.8. The van der Waals surface area contributed by atoms with Gasteiger partial charge in [-0.25, -0.2) is 0 Å². The van der Waals surface area contributed by atoms with Crippen molar-refractivity contribution in [3.63, 3.8) is 0 Å². The van der Waals surface area contributed by atoms with Crippen LogP contribution in [0.2, 0.25) is 22.8 Å². The van der Waals surface area contributed by atoms with Crippen LogP contribution in [0.25, 0.3) is 0 Å². The van der Waals surface area contributed by atoms with Gasteiger partial charge in [-0.1, -0.05) is 0 Å². The van der Waals surface area contributed by atoms with Crippen LogP contribution in [-0.4, -0.2) is 12.8 Å². The number of unbranched alkanes of at least 4 members (excludes halogenated alkanes) is 7. The average Bonchev–Trinajstić information content (AvgIpc) is 2.08. The molecule has 0 aromatic heterocycles. The molecule has 0 aromatic rings. The Balaban J connectivity index is 2.99. The maximum absolute atomic E-state index is 2.50. The number of hydrogen-bond acceptors (Lipinski definition) is 0. The van der Waals surface area contributed by atoms with E-state index in [1.54, 1.807) is 5.32 Å². The molecule has 0 aliphatic rings. The van der Waals surface area contributed by atoms with Gasteiger partial charge in [-0.05, 0) is 0 Å². The van der Waals surface area contributed by atoms with Gasteiger partial charge in [-0.2, -0.15) is 0 Å². The maximum atomic E-state index is 2.50. The first kappa shape index (κ1) is 14.5. The summed E-state index contributed by atoms with van der Waals surface area (Å²) >= 11 is -0.899. The molecule has 1 heteroatoms. The van der Waals surface area contributed by atoms with Crippen molar-refractivity contribution in [2.24, 2.45) is 0 Å². The molecular weight excluding hydrogens is 235 g/mol. The fraction of sp³-hybridized carbons (Fsp3) is 1.00. The summed E-state index contributed by atoms with van der Waals surface area (Å²) in [5, 5.41) is 1.55.